The van der Waals surface area contributed by atoms with Crippen LogP contribution < -0.4 is 15.4 Å². The third-order valence-corrected chi connectivity index (χ3v) is 3.96. The van der Waals surface area contributed by atoms with Crippen LogP contribution in [0.5, 0.6) is 5.75 Å². The van der Waals surface area contributed by atoms with Crippen LogP contribution in [0.15, 0.2) is 60.7 Å². The summed E-state index contributed by atoms with van der Waals surface area (Å²) >= 11 is 0. The van der Waals surface area contributed by atoms with Crippen LogP contribution in [0.25, 0.3) is 0 Å². The Morgan fingerprint density at radius 2 is 1.64 bits per heavy atom. The van der Waals surface area contributed by atoms with Crippen molar-refractivity contribution in [3.05, 3.63) is 77.6 Å². The molecule has 6 nitrogen and oxygen atoms in total. The van der Waals surface area contributed by atoms with Gasteiger partial charge in [-0.05, 0) is 55.3 Å². The third-order valence-electron chi connectivity index (χ3n) is 3.96. The number of aromatic nitrogens is 2. The van der Waals surface area contributed by atoms with Crippen LogP contribution in [0.1, 0.15) is 11.1 Å². The summed E-state index contributed by atoms with van der Waals surface area (Å²) in [6.45, 7) is 2.51. The zero-order valence-corrected chi connectivity index (χ0v) is 15.5. The molecule has 0 bridgehead atoms. The second-order valence-electron chi connectivity index (χ2n) is 6.26. The fraction of sp³-hybridized carbons (Fsp3) is 0.190. The number of nitrogens with one attached hydrogen (secondary N) is 2. The second-order valence-corrected chi connectivity index (χ2v) is 6.26. The Morgan fingerprint density at radius 1 is 0.964 bits per heavy atom. The average molecular weight is 380 g/mol. The smallest absolute Gasteiger partial charge is 0.263 e. The topological polar surface area (TPSA) is 76.1 Å². The first-order chi connectivity index (χ1) is 13.6. The van der Waals surface area contributed by atoms with Crippen molar-refractivity contribution in [2.75, 3.05) is 23.8 Å². The number of hydrogen-bond acceptors (Lipinski definition) is 5. The number of ether oxygens (including phenoxy) is 1. The molecule has 144 valence electrons. The van der Waals surface area contributed by atoms with Crippen LogP contribution in [-0.4, -0.2) is 29.3 Å². The highest BCUT2D eigenvalue weighted by atomic mass is 19.1. The van der Waals surface area contributed by atoms with Crippen molar-refractivity contribution in [3.63, 3.8) is 0 Å². The molecule has 7 heteroatoms. The van der Waals surface area contributed by atoms with E-state index in [0.29, 0.717) is 23.9 Å². The molecule has 0 fully saturated rings. The number of halogens is 1. The van der Waals surface area contributed by atoms with Gasteiger partial charge in [0.15, 0.2) is 12.4 Å². The molecule has 1 heterocycles. The van der Waals surface area contributed by atoms with E-state index in [1.807, 2.05) is 31.2 Å². The van der Waals surface area contributed by atoms with E-state index in [1.165, 1.54) is 12.1 Å². The van der Waals surface area contributed by atoms with Gasteiger partial charge in [-0.1, -0.05) is 29.8 Å². The number of carbonyl (C=O) groups is 1. The lowest BCUT2D eigenvalue weighted by molar-refractivity contribution is -0.118. The van der Waals surface area contributed by atoms with Crippen LogP contribution >= 0.6 is 0 Å². The van der Waals surface area contributed by atoms with Crippen molar-refractivity contribution in [1.82, 2.24) is 10.2 Å². The lowest BCUT2D eigenvalue weighted by Gasteiger charge is -2.08. The summed E-state index contributed by atoms with van der Waals surface area (Å²) in [5.41, 5.74) is 2.15. The van der Waals surface area contributed by atoms with Gasteiger partial charge in [0.25, 0.3) is 5.91 Å². The van der Waals surface area contributed by atoms with Crippen molar-refractivity contribution >= 4 is 17.5 Å². The van der Waals surface area contributed by atoms with Gasteiger partial charge in [-0.3, -0.25) is 4.79 Å². The summed E-state index contributed by atoms with van der Waals surface area (Å²) in [5, 5.41) is 13.8. The van der Waals surface area contributed by atoms with Crippen LogP contribution in [-0.2, 0) is 11.2 Å². The minimum Gasteiger partial charge on any atom is -0.484 e. The monoisotopic (exact) mass is 380 g/mol. The maximum atomic E-state index is 12.9. The maximum absolute atomic E-state index is 12.9. The standard InChI is InChI=1S/C21H21FN4O2/c1-15-2-8-18(9-3-15)28-14-21(27)24-20-11-10-19(25-26-20)23-13-12-16-4-6-17(22)7-5-16/h2-11H,12-14H2,1H3,(H,23,25)(H,24,26,27). The highest BCUT2D eigenvalue weighted by Crippen LogP contribution is 2.12. The minimum absolute atomic E-state index is 0.109. The molecule has 2 aromatic carbocycles. The molecule has 0 saturated heterocycles. The van der Waals surface area contributed by atoms with Gasteiger partial charge in [0.2, 0.25) is 0 Å². The van der Waals surface area contributed by atoms with E-state index >= 15 is 0 Å². The van der Waals surface area contributed by atoms with Gasteiger partial charge in [-0.25, -0.2) is 4.39 Å². The summed E-state index contributed by atoms with van der Waals surface area (Å²) < 4.78 is 18.3. The van der Waals surface area contributed by atoms with Gasteiger partial charge >= 0.3 is 0 Å². The van der Waals surface area contributed by atoms with Gasteiger partial charge in [0, 0.05) is 6.54 Å². The summed E-state index contributed by atoms with van der Waals surface area (Å²) in [7, 11) is 0. The number of hydrogen-bond donors (Lipinski definition) is 2. The number of nitrogens with zero attached hydrogens (tertiary/aromatic N) is 2. The zero-order chi connectivity index (χ0) is 19.8. The molecule has 2 N–H and O–H groups in total. The van der Waals surface area contributed by atoms with Crippen molar-refractivity contribution in [2.45, 2.75) is 13.3 Å². The van der Waals surface area contributed by atoms with Gasteiger partial charge in [-0.2, -0.15) is 0 Å². The fourth-order valence-electron chi connectivity index (χ4n) is 2.44. The molecule has 3 rings (SSSR count). The summed E-state index contributed by atoms with van der Waals surface area (Å²) in [6, 6.07) is 17.2. The predicted molar refractivity (Wildman–Crippen MR) is 106 cm³/mol. The average Bonchev–Trinajstić information content (AvgIpc) is 2.70. The molecule has 0 aliphatic heterocycles. The van der Waals surface area contributed by atoms with E-state index < -0.39 is 0 Å². The molecule has 0 aliphatic carbocycles. The number of aryl methyl sites for hydroxylation is 1. The molecule has 0 atom stereocenters. The molecule has 0 saturated carbocycles. The van der Waals surface area contributed by atoms with E-state index in [1.54, 1.807) is 24.3 Å². The Kier molecular flexibility index (Phi) is 6.51. The number of carbonyl (C=O) groups excluding carboxylic acids is 1. The SMILES string of the molecule is Cc1ccc(OCC(=O)Nc2ccc(NCCc3ccc(F)cc3)nn2)cc1. The third kappa shape index (κ3) is 6.05. The van der Waals surface area contributed by atoms with Crippen molar-refractivity contribution in [2.24, 2.45) is 0 Å². The Hall–Kier alpha value is -3.48. The number of benzene rings is 2. The summed E-state index contributed by atoms with van der Waals surface area (Å²) in [5.74, 6) is 1.02. The van der Waals surface area contributed by atoms with E-state index in [9.17, 15) is 9.18 Å². The van der Waals surface area contributed by atoms with Gasteiger partial charge < -0.3 is 15.4 Å². The van der Waals surface area contributed by atoms with Crippen LogP contribution in [0.4, 0.5) is 16.0 Å². The first-order valence-electron chi connectivity index (χ1n) is 8.90. The molecular weight excluding hydrogens is 359 g/mol. The quantitative estimate of drug-likeness (QED) is 0.625. The normalized spacial score (nSPS) is 10.4. The highest BCUT2D eigenvalue weighted by Gasteiger charge is 2.06. The number of amides is 1. The molecule has 3 aromatic rings. The Morgan fingerprint density at radius 3 is 2.32 bits per heavy atom. The van der Waals surface area contributed by atoms with Gasteiger partial charge in [-0.15, -0.1) is 10.2 Å². The van der Waals surface area contributed by atoms with Crippen molar-refractivity contribution < 1.29 is 13.9 Å². The molecule has 28 heavy (non-hydrogen) atoms. The second kappa shape index (κ2) is 9.45. The fourth-order valence-corrected chi connectivity index (χ4v) is 2.44. The minimum atomic E-state index is -0.313. The largest absolute Gasteiger partial charge is 0.484 e. The molecule has 0 radical (unpaired) electrons. The van der Waals surface area contributed by atoms with Crippen LogP contribution in [0.3, 0.4) is 0 Å². The first kappa shape index (κ1) is 19.3. The van der Waals surface area contributed by atoms with E-state index in [4.69, 9.17) is 4.74 Å². The van der Waals surface area contributed by atoms with Gasteiger partial charge in [0.05, 0.1) is 0 Å². The maximum Gasteiger partial charge on any atom is 0.263 e. The Labute approximate surface area is 162 Å². The lowest BCUT2D eigenvalue weighted by Crippen LogP contribution is -2.21. The molecule has 1 aromatic heterocycles. The van der Waals surface area contributed by atoms with E-state index in [-0.39, 0.29) is 18.3 Å². The predicted octanol–water partition coefficient (Wildman–Crippen LogP) is 3.60. The van der Waals surface area contributed by atoms with E-state index in [0.717, 1.165) is 17.5 Å². The molecule has 0 spiro atoms. The first-order valence-corrected chi connectivity index (χ1v) is 8.90. The molecule has 0 aliphatic rings. The molecule has 1 amide bonds. The van der Waals surface area contributed by atoms with Crippen LogP contribution in [0.2, 0.25) is 0 Å². The Balaban J connectivity index is 1.41. The Bertz CT molecular complexity index is 897. The summed E-state index contributed by atoms with van der Waals surface area (Å²) in [4.78, 5) is 11.9. The lowest BCUT2D eigenvalue weighted by atomic mass is 10.1. The van der Waals surface area contributed by atoms with Crippen LogP contribution in [0, 0.1) is 12.7 Å². The number of rotatable bonds is 8. The number of anilines is 2. The zero-order valence-electron chi connectivity index (χ0n) is 15.5. The van der Waals surface area contributed by atoms with E-state index in [2.05, 4.69) is 20.8 Å². The summed E-state index contributed by atoms with van der Waals surface area (Å²) in [6.07, 6.45) is 0.733. The highest BCUT2D eigenvalue weighted by molar-refractivity contribution is 5.90. The molecule has 0 unspecified atom stereocenters. The van der Waals surface area contributed by atoms with Crippen molar-refractivity contribution in [1.29, 1.82) is 0 Å². The van der Waals surface area contributed by atoms with Gasteiger partial charge in [0.1, 0.15) is 17.4 Å². The van der Waals surface area contributed by atoms with Crippen molar-refractivity contribution in [3.8, 4) is 5.75 Å². The molecular formula is C21H21FN4O2.